The smallest absolute Gasteiger partial charge is 0.196 e. The molecule has 0 amide bonds. The number of carbonyl (C=O) groups excluding carboxylic acids is 2. The fourth-order valence-electron chi connectivity index (χ4n) is 3.72. The Kier molecular flexibility index (Phi) is 6.19. The van der Waals surface area contributed by atoms with E-state index in [1.54, 1.807) is 48.5 Å². The van der Waals surface area contributed by atoms with Crippen LogP contribution in [0.4, 0.5) is 11.4 Å². The van der Waals surface area contributed by atoms with Crippen molar-refractivity contribution in [2.24, 2.45) is 0 Å². The van der Waals surface area contributed by atoms with Crippen molar-refractivity contribution in [3.63, 3.8) is 0 Å². The van der Waals surface area contributed by atoms with Crippen LogP contribution in [-0.4, -0.2) is 18.2 Å². The molecule has 32 heavy (non-hydrogen) atoms. The van der Waals surface area contributed by atoms with Crippen LogP contribution in [0.5, 0.6) is 17.2 Å². The van der Waals surface area contributed by atoms with E-state index < -0.39 is 0 Å². The van der Waals surface area contributed by atoms with Crippen LogP contribution in [0.15, 0.2) is 53.0 Å². The summed E-state index contributed by atoms with van der Waals surface area (Å²) in [5.41, 5.74) is 13.6. The summed E-state index contributed by atoms with van der Waals surface area (Å²) in [6.07, 6.45) is 3.26. The molecule has 0 heterocycles. The normalized spacial score (nSPS) is 12.3. The fraction of sp³-hybridized carbons (Fsp3) is 0.200. The Balaban J connectivity index is 1.66. The van der Waals surface area contributed by atoms with Gasteiger partial charge in [-0.05, 0) is 46.6 Å². The number of carbonyl (C=O) groups is 2. The average molecular weight is 495 g/mol. The van der Waals surface area contributed by atoms with Gasteiger partial charge in [0.2, 0.25) is 0 Å². The number of nitrogen functional groups attached to an aromatic ring is 2. The van der Waals surface area contributed by atoms with Crippen LogP contribution in [0, 0.1) is 0 Å². The Morgan fingerprint density at radius 1 is 0.812 bits per heavy atom. The van der Waals surface area contributed by atoms with Gasteiger partial charge >= 0.3 is 0 Å². The van der Waals surface area contributed by atoms with E-state index in [9.17, 15) is 9.59 Å². The predicted octanol–water partition coefficient (Wildman–Crippen LogP) is 5.75. The number of ether oxygens (including phenoxy) is 2. The van der Waals surface area contributed by atoms with E-state index >= 15 is 0 Å². The molecule has 164 valence electrons. The molecule has 1 aliphatic rings. The van der Waals surface area contributed by atoms with E-state index in [1.807, 2.05) is 0 Å². The molecule has 0 unspecified atom stereocenters. The van der Waals surface area contributed by atoms with E-state index in [0.717, 1.165) is 25.0 Å². The van der Waals surface area contributed by atoms with Crippen LogP contribution in [0.3, 0.4) is 0 Å². The number of fused-ring (bicyclic) bond motifs is 2. The summed E-state index contributed by atoms with van der Waals surface area (Å²) in [5, 5.41) is 0. The molecular weight excluding hydrogens is 472 g/mol. The number of anilines is 2. The first-order chi connectivity index (χ1) is 15.4. The summed E-state index contributed by atoms with van der Waals surface area (Å²) in [7, 11) is 0. The van der Waals surface area contributed by atoms with Crippen molar-refractivity contribution >= 4 is 38.9 Å². The first kappa shape index (κ1) is 21.9. The Morgan fingerprint density at radius 2 is 1.38 bits per heavy atom. The summed E-state index contributed by atoms with van der Waals surface area (Å²) in [6, 6.07) is 13.7. The number of hydrogen-bond acceptors (Lipinski definition) is 6. The molecule has 0 aliphatic heterocycles. The molecule has 1 aliphatic carbocycles. The third kappa shape index (κ3) is 3.84. The largest absolute Gasteiger partial charge is 0.494 e. The zero-order valence-electron chi connectivity index (χ0n) is 17.6. The molecule has 0 fully saturated rings. The lowest BCUT2D eigenvalue weighted by Gasteiger charge is -2.23. The number of nitrogens with two attached hydrogens (primary N) is 2. The van der Waals surface area contributed by atoms with E-state index in [1.165, 1.54) is 0 Å². The van der Waals surface area contributed by atoms with Crippen LogP contribution < -0.4 is 20.9 Å². The van der Waals surface area contributed by atoms with Gasteiger partial charge in [-0.2, -0.15) is 0 Å². The highest BCUT2D eigenvalue weighted by molar-refractivity contribution is 9.10. The molecule has 0 spiro atoms. The van der Waals surface area contributed by atoms with Crippen molar-refractivity contribution < 1.29 is 19.1 Å². The maximum absolute atomic E-state index is 13.2. The summed E-state index contributed by atoms with van der Waals surface area (Å²) in [4.78, 5) is 26.2. The van der Waals surface area contributed by atoms with Gasteiger partial charge < -0.3 is 20.9 Å². The van der Waals surface area contributed by atoms with Crippen molar-refractivity contribution in [3.05, 3.63) is 75.3 Å². The minimum atomic E-state index is -0.354. The van der Waals surface area contributed by atoms with Crippen LogP contribution in [0.2, 0.25) is 0 Å². The van der Waals surface area contributed by atoms with Crippen molar-refractivity contribution in [1.82, 2.24) is 0 Å². The minimum Gasteiger partial charge on any atom is -0.494 e. The lowest BCUT2D eigenvalue weighted by molar-refractivity contribution is 0.0980. The van der Waals surface area contributed by atoms with Gasteiger partial charge in [0.25, 0.3) is 0 Å². The van der Waals surface area contributed by atoms with Crippen molar-refractivity contribution in [2.45, 2.75) is 26.2 Å². The molecule has 0 aromatic heterocycles. The minimum absolute atomic E-state index is 0.0637. The van der Waals surface area contributed by atoms with Gasteiger partial charge in [0, 0.05) is 11.1 Å². The zero-order chi connectivity index (χ0) is 22.8. The van der Waals surface area contributed by atoms with Crippen LogP contribution in [0.1, 0.15) is 58.0 Å². The zero-order valence-corrected chi connectivity index (χ0v) is 19.2. The van der Waals surface area contributed by atoms with Gasteiger partial charge in [-0.15, -0.1) is 0 Å². The average Bonchev–Trinajstić information content (AvgIpc) is 2.81. The number of ketones is 2. The van der Waals surface area contributed by atoms with E-state index in [-0.39, 0.29) is 39.8 Å². The second-order valence-corrected chi connectivity index (χ2v) is 8.35. The van der Waals surface area contributed by atoms with Crippen molar-refractivity contribution in [1.29, 1.82) is 0 Å². The standard InChI is InChI=1S/C25H23BrN2O4/c1-2-3-6-13-31-14-9-11-15(12-10-14)32-25-20(26)21(27)18-19(22(25)28)24(30)17-8-5-4-7-16(17)23(18)29/h4-5,7-12H,2-3,6,13,27-28H2,1H3. The fourth-order valence-corrected chi connectivity index (χ4v) is 4.21. The molecule has 0 bridgehead atoms. The lowest BCUT2D eigenvalue weighted by Crippen LogP contribution is -2.24. The lowest BCUT2D eigenvalue weighted by atomic mass is 9.82. The summed E-state index contributed by atoms with van der Waals surface area (Å²) in [5.74, 6) is 0.734. The van der Waals surface area contributed by atoms with Gasteiger partial charge in [-0.1, -0.05) is 44.0 Å². The summed E-state index contributed by atoms with van der Waals surface area (Å²) < 4.78 is 12.0. The van der Waals surface area contributed by atoms with Gasteiger partial charge in [0.15, 0.2) is 17.3 Å². The molecule has 4 N–H and O–H groups in total. The third-order valence-corrected chi connectivity index (χ3v) is 6.19. The topological polar surface area (TPSA) is 105 Å². The molecule has 0 saturated heterocycles. The number of unbranched alkanes of at least 4 members (excludes halogenated alkanes) is 2. The number of benzene rings is 3. The van der Waals surface area contributed by atoms with E-state index in [4.69, 9.17) is 20.9 Å². The number of hydrogen-bond donors (Lipinski definition) is 2. The predicted molar refractivity (Wildman–Crippen MR) is 128 cm³/mol. The molecule has 6 nitrogen and oxygen atoms in total. The first-order valence-electron chi connectivity index (χ1n) is 10.4. The quantitative estimate of drug-likeness (QED) is 0.250. The second kappa shape index (κ2) is 9.04. The molecule has 7 heteroatoms. The highest BCUT2D eigenvalue weighted by Crippen LogP contribution is 2.47. The molecule has 0 radical (unpaired) electrons. The highest BCUT2D eigenvalue weighted by atomic mass is 79.9. The molecule has 3 aromatic rings. The van der Waals surface area contributed by atoms with Gasteiger partial charge in [-0.25, -0.2) is 0 Å². The monoisotopic (exact) mass is 494 g/mol. The van der Waals surface area contributed by atoms with Crippen molar-refractivity contribution in [2.75, 3.05) is 18.1 Å². The highest BCUT2D eigenvalue weighted by Gasteiger charge is 2.36. The van der Waals surface area contributed by atoms with Crippen LogP contribution in [-0.2, 0) is 0 Å². The third-order valence-electron chi connectivity index (χ3n) is 5.40. The molecule has 0 saturated carbocycles. The van der Waals surface area contributed by atoms with Gasteiger partial charge in [-0.3, -0.25) is 9.59 Å². The Bertz CT molecular complexity index is 1210. The number of halogens is 1. The maximum Gasteiger partial charge on any atom is 0.196 e. The Hall–Kier alpha value is -3.32. The summed E-state index contributed by atoms with van der Waals surface area (Å²) in [6.45, 7) is 2.80. The molecule has 3 aromatic carbocycles. The maximum atomic E-state index is 13.2. The SMILES string of the molecule is CCCCCOc1ccc(Oc2c(N)c3c(c(N)c2Br)C(=O)c2ccccc2C3=O)cc1. The van der Waals surface area contributed by atoms with Crippen LogP contribution >= 0.6 is 15.9 Å². The van der Waals surface area contributed by atoms with Gasteiger partial charge in [0.1, 0.15) is 11.5 Å². The molecular formula is C25H23BrN2O4. The second-order valence-electron chi connectivity index (χ2n) is 7.55. The van der Waals surface area contributed by atoms with Gasteiger partial charge in [0.05, 0.1) is 33.6 Å². The van der Waals surface area contributed by atoms with Crippen LogP contribution in [0.25, 0.3) is 0 Å². The summed E-state index contributed by atoms with van der Waals surface area (Å²) >= 11 is 3.40. The number of rotatable bonds is 7. The molecule has 4 rings (SSSR count). The van der Waals surface area contributed by atoms with E-state index in [2.05, 4.69) is 22.9 Å². The Morgan fingerprint density at radius 3 is 1.97 bits per heavy atom. The van der Waals surface area contributed by atoms with Crippen molar-refractivity contribution in [3.8, 4) is 17.2 Å². The molecule has 0 atom stereocenters. The first-order valence-corrected chi connectivity index (χ1v) is 11.2. The van der Waals surface area contributed by atoms with E-state index in [0.29, 0.717) is 28.0 Å². The Labute approximate surface area is 194 Å².